The highest BCUT2D eigenvalue weighted by molar-refractivity contribution is 5.90. The van der Waals surface area contributed by atoms with E-state index in [0.29, 0.717) is 11.4 Å². The molecule has 0 unspecified atom stereocenters. The summed E-state index contributed by atoms with van der Waals surface area (Å²) in [4.78, 5) is 11.9. The summed E-state index contributed by atoms with van der Waals surface area (Å²) in [6, 6.07) is 24.5. The van der Waals surface area contributed by atoms with Crippen molar-refractivity contribution >= 4 is 17.8 Å². The number of rotatable bonds is 5. The molecule has 0 radical (unpaired) electrons. The van der Waals surface area contributed by atoms with Gasteiger partial charge in [0.1, 0.15) is 11.5 Å². The Hall–Kier alpha value is -3.53. The van der Waals surface area contributed by atoms with Gasteiger partial charge in [-0.25, -0.2) is 4.79 Å². The second-order valence-electron chi connectivity index (χ2n) is 5.78. The second kappa shape index (κ2) is 8.53. The molecule has 3 rings (SSSR count). The molecule has 0 fully saturated rings. The van der Waals surface area contributed by atoms with Gasteiger partial charge in [-0.05, 0) is 55.0 Å². The van der Waals surface area contributed by atoms with E-state index < -0.39 is 0 Å². The van der Waals surface area contributed by atoms with Crippen LogP contribution in [0.4, 0.5) is 10.5 Å². The van der Waals surface area contributed by atoms with Crippen molar-refractivity contribution in [3.8, 4) is 11.5 Å². The van der Waals surface area contributed by atoms with E-state index in [1.807, 2.05) is 79.7 Å². The zero-order valence-corrected chi connectivity index (χ0v) is 14.5. The smallest absolute Gasteiger partial charge is 0.323 e. The van der Waals surface area contributed by atoms with Gasteiger partial charge in [-0.3, -0.25) is 0 Å². The lowest BCUT2D eigenvalue weighted by Gasteiger charge is -2.08. The van der Waals surface area contributed by atoms with Crippen molar-refractivity contribution in [2.24, 2.45) is 0 Å². The van der Waals surface area contributed by atoms with Crippen molar-refractivity contribution in [3.05, 3.63) is 96.2 Å². The molecule has 4 heteroatoms. The van der Waals surface area contributed by atoms with Gasteiger partial charge in [-0.1, -0.05) is 48.0 Å². The van der Waals surface area contributed by atoms with Crippen molar-refractivity contribution in [3.63, 3.8) is 0 Å². The summed E-state index contributed by atoms with van der Waals surface area (Å²) in [5, 5.41) is 5.46. The van der Waals surface area contributed by atoms with Crippen LogP contribution in [-0.4, -0.2) is 6.03 Å². The SMILES string of the molecule is Cc1ccc(/C=C/NC(=O)Nc2ccc(Oc3ccccc3)cc2)cc1. The van der Waals surface area contributed by atoms with Gasteiger partial charge in [-0.15, -0.1) is 0 Å². The fraction of sp³-hybridized carbons (Fsp3) is 0.0455. The molecule has 0 heterocycles. The highest BCUT2D eigenvalue weighted by Gasteiger charge is 2.01. The van der Waals surface area contributed by atoms with Gasteiger partial charge in [0.2, 0.25) is 0 Å². The second-order valence-corrected chi connectivity index (χ2v) is 5.78. The number of anilines is 1. The fourth-order valence-corrected chi connectivity index (χ4v) is 2.29. The predicted octanol–water partition coefficient (Wildman–Crippen LogP) is 5.58. The number of hydrogen-bond donors (Lipinski definition) is 2. The molecular formula is C22H20N2O2. The number of carbonyl (C=O) groups excluding carboxylic acids is 1. The van der Waals surface area contributed by atoms with Gasteiger partial charge in [0.15, 0.2) is 0 Å². The normalized spacial score (nSPS) is 10.5. The Bertz CT molecular complexity index is 870. The first-order valence-electron chi connectivity index (χ1n) is 8.33. The number of aryl methyl sites for hydroxylation is 1. The Morgan fingerprint density at radius 2 is 1.50 bits per heavy atom. The van der Waals surface area contributed by atoms with E-state index in [-0.39, 0.29) is 6.03 Å². The molecule has 130 valence electrons. The lowest BCUT2D eigenvalue weighted by atomic mass is 10.1. The molecule has 0 saturated carbocycles. The summed E-state index contributed by atoms with van der Waals surface area (Å²) in [7, 11) is 0. The first kappa shape index (κ1) is 17.3. The summed E-state index contributed by atoms with van der Waals surface area (Å²) in [5.74, 6) is 1.48. The van der Waals surface area contributed by atoms with Crippen LogP contribution < -0.4 is 15.4 Å². The number of ether oxygens (including phenoxy) is 1. The Morgan fingerprint density at radius 1 is 0.846 bits per heavy atom. The van der Waals surface area contributed by atoms with Gasteiger partial charge in [0.05, 0.1) is 0 Å². The molecule has 2 amide bonds. The number of urea groups is 1. The summed E-state index contributed by atoms with van der Waals surface area (Å²) in [5.41, 5.74) is 2.91. The minimum atomic E-state index is -0.301. The molecule has 3 aromatic carbocycles. The van der Waals surface area contributed by atoms with Crippen molar-refractivity contribution in [2.45, 2.75) is 6.92 Å². The molecule has 0 bridgehead atoms. The first-order valence-corrected chi connectivity index (χ1v) is 8.33. The average molecular weight is 344 g/mol. The molecule has 0 aliphatic rings. The number of hydrogen-bond acceptors (Lipinski definition) is 2. The van der Waals surface area contributed by atoms with E-state index in [1.165, 1.54) is 5.56 Å². The number of nitrogens with one attached hydrogen (secondary N) is 2. The van der Waals surface area contributed by atoms with Crippen molar-refractivity contribution in [1.29, 1.82) is 0 Å². The molecule has 0 aromatic heterocycles. The van der Waals surface area contributed by atoms with Crippen LogP contribution in [0, 0.1) is 6.92 Å². The minimum absolute atomic E-state index is 0.301. The average Bonchev–Trinajstić information content (AvgIpc) is 2.66. The van der Waals surface area contributed by atoms with Crippen LogP contribution in [0.1, 0.15) is 11.1 Å². The van der Waals surface area contributed by atoms with E-state index in [9.17, 15) is 4.79 Å². The Morgan fingerprint density at radius 3 is 2.19 bits per heavy atom. The Balaban J connectivity index is 1.50. The van der Waals surface area contributed by atoms with Gasteiger partial charge >= 0.3 is 6.03 Å². The highest BCUT2D eigenvalue weighted by atomic mass is 16.5. The summed E-state index contributed by atoms with van der Waals surface area (Å²) >= 11 is 0. The van der Waals surface area contributed by atoms with Gasteiger partial charge < -0.3 is 15.4 Å². The number of carbonyl (C=O) groups is 1. The van der Waals surface area contributed by atoms with E-state index in [4.69, 9.17) is 4.74 Å². The summed E-state index contributed by atoms with van der Waals surface area (Å²) in [6.45, 7) is 2.04. The van der Waals surface area contributed by atoms with Crippen molar-refractivity contribution in [1.82, 2.24) is 5.32 Å². The molecule has 0 aliphatic heterocycles. The maximum atomic E-state index is 11.9. The number of amides is 2. The van der Waals surface area contributed by atoms with Crippen LogP contribution in [0.25, 0.3) is 6.08 Å². The molecule has 0 saturated heterocycles. The fourth-order valence-electron chi connectivity index (χ4n) is 2.29. The summed E-state index contributed by atoms with van der Waals surface area (Å²) < 4.78 is 5.72. The summed E-state index contributed by atoms with van der Waals surface area (Å²) in [6.07, 6.45) is 3.46. The van der Waals surface area contributed by atoms with Gasteiger partial charge in [0, 0.05) is 11.9 Å². The van der Waals surface area contributed by atoms with E-state index in [2.05, 4.69) is 10.6 Å². The molecule has 3 aromatic rings. The molecule has 0 spiro atoms. The quantitative estimate of drug-likeness (QED) is 0.635. The lowest BCUT2D eigenvalue weighted by molar-refractivity contribution is 0.255. The molecule has 0 aliphatic carbocycles. The van der Waals surface area contributed by atoms with Crippen LogP contribution in [0.2, 0.25) is 0 Å². The molecule has 0 atom stereocenters. The monoisotopic (exact) mass is 344 g/mol. The van der Waals surface area contributed by atoms with E-state index in [1.54, 1.807) is 18.3 Å². The van der Waals surface area contributed by atoms with Crippen LogP contribution >= 0.6 is 0 Å². The Kier molecular flexibility index (Phi) is 5.68. The van der Waals surface area contributed by atoms with Crippen LogP contribution in [-0.2, 0) is 0 Å². The maximum Gasteiger partial charge on any atom is 0.323 e. The van der Waals surface area contributed by atoms with Crippen LogP contribution in [0.3, 0.4) is 0 Å². The van der Waals surface area contributed by atoms with Crippen molar-refractivity contribution in [2.75, 3.05) is 5.32 Å². The molecule has 2 N–H and O–H groups in total. The highest BCUT2D eigenvalue weighted by Crippen LogP contribution is 2.22. The molecule has 4 nitrogen and oxygen atoms in total. The largest absolute Gasteiger partial charge is 0.457 e. The lowest BCUT2D eigenvalue weighted by Crippen LogP contribution is -2.23. The minimum Gasteiger partial charge on any atom is -0.457 e. The van der Waals surface area contributed by atoms with Crippen LogP contribution in [0.15, 0.2) is 85.1 Å². The third-order valence-corrected chi connectivity index (χ3v) is 3.66. The molecular weight excluding hydrogens is 324 g/mol. The first-order chi connectivity index (χ1) is 12.7. The third kappa shape index (κ3) is 5.24. The Labute approximate surface area is 153 Å². The van der Waals surface area contributed by atoms with Crippen LogP contribution in [0.5, 0.6) is 11.5 Å². The molecule has 26 heavy (non-hydrogen) atoms. The van der Waals surface area contributed by atoms with Gasteiger partial charge in [-0.2, -0.15) is 0 Å². The van der Waals surface area contributed by atoms with E-state index >= 15 is 0 Å². The van der Waals surface area contributed by atoms with Crippen molar-refractivity contribution < 1.29 is 9.53 Å². The number of benzene rings is 3. The zero-order valence-electron chi connectivity index (χ0n) is 14.5. The third-order valence-electron chi connectivity index (χ3n) is 3.66. The zero-order chi connectivity index (χ0) is 18.2. The topological polar surface area (TPSA) is 50.4 Å². The standard InChI is InChI=1S/C22H20N2O2/c1-17-7-9-18(10-8-17)15-16-23-22(25)24-19-11-13-21(14-12-19)26-20-5-3-2-4-6-20/h2-16H,1H3,(H2,23,24,25)/b16-15+. The predicted molar refractivity (Wildman–Crippen MR) is 105 cm³/mol. The van der Waals surface area contributed by atoms with Gasteiger partial charge in [0.25, 0.3) is 0 Å². The maximum absolute atomic E-state index is 11.9. The van der Waals surface area contributed by atoms with E-state index in [0.717, 1.165) is 11.3 Å². The number of para-hydroxylation sites is 1.